The lowest BCUT2D eigenvalue weighted by Gasteiger charge is -2.25. The van der Waals surface area contributed by atoms with Crippen molar-refractivity contribution >= 4 is 17.7 Å². The molecule has 1 heterocycles. The van der Waals surface area contributed by atoms with Gasteiger partial charge in [-0.3, -0.25) is 4.79 Å². The van der Waals surface area contributed by atoms with Crippen LogP contribution in [0.4, 0.5) is 0 Å². The molecule has 0 saturated heterocycles. The number of tetrazole rings is 1. The first kappa shape index (κ1) is 18.1. The molecule has 2 aromatic carbocycles. The van der Waals surface area contributed by atoms with Crippen molar-refractivity contribution in [3.63, 3.8) is 0 Å². The minimum Gasteiger partial charge on any atom is -0.333 e. The van der Waals surface area contributed by atoms with Crippen molar-refractivity contribution in [2.45, 2.75) is 30.4 Å². The largest absolute Gasteiger partial charge is 0.333 e. The number of carbonyl (C=O) groups excluding carboxylic acids is 1. The summed E-state index contributed by atoms with van der Waals surface area (Å²) in [6.07, 6.45) is 0. The van der Waals surface area contributed by atoms with E-state index in [0.29, 0.717) is 18.2 Å². The third kappa shape index (κ3) is 4.70. The molecule has 3 aromatic rings. The van der Waals surface area contributed by atoms with Gasteiger partial charge in [-0.2, -0.15) is 0 Å². The fourth-order valence-electron chi connectivity index (χ4n) is 2.61. The zero-order valence-electron chi connectivity index (χ0n) is 14.8. The summed E-state index contributed by atoms with van der Waals surface area (Å²) in [4.78, 5) is 15.0. The van der Waals surface area contributed by atoms with Crippen LogP contribution < -0.4 is 0 Å². The van der Waals surface area contributed by atoms with E-state index in [1.807, 2.05) is 72.5 Å². The number of amides is 1. The number of hydrogen-bond acceptors (Lipinski definition) is 5. The van der Waals surface area contributed by atoms with Gasteiger partial charge in [0.15, 0.2) is 0 Å². The highest BCUT2D eigenvalue weighted by Gasteiger charge is 2.23. The second-order valence-corrected chi connectivity index (χ2v) is 7.32. The molecule has 6 nitrogen and oxygen atoms in total. The van der Waals surface area contributed by atoms with Crippen LogP contribution in [0.1, 0.15) is 18.1 Å². The van der Waals surface area contributed by atoms with Crippen LogP contribution in [0.5, 0.6) is 0 Å². The van der Waals surface area contributed by atoms with Crippen molar-refractivity contribution in [1.82, 2.24) is 25.1 Å². The molecule has 1 aromatic heterocycles. The molecule has 0 aliphatic rings. The van der Waals surface area contributed by atoms with Crippen LogP contribution in [0.25, 0.3) is 0 Å². The average Bonchev–Trinajstić information content (AvgIpc) is 3.07. The lowest BCUT2D eigenvalue weighted by Crippen LogP contribution is -2.35. The number of benzene rings is 2. The maximum atomic E-state index is 13.1. The van der Waals surface area contributed by atoms with Crippen molar-refractivity contribution in [3.8, 4) is 0 Å². The minimum absolute atomic E-state index is 0.0608. The third-order valence-corrected chi connectivity index (χ3v) is 5.07. The van der Waals surface area contributed by atoms with Gasteiger partial charge in [-0.25, -0.2) is 4.68 Å². The molecule has 1 unspecified atom stereocenters. The number of nitrogens with zero attached hydrogens (tertiary/aromatic N) is 5. The number of hydrogen-bond donors (Lipinski definition) is 0. The molecule has 26 heavy (non-hydrogen) atoms. The maximum absolute atomic E-state index is 13.1. The average molecular weight is 367 g/mol. The molecule has 0 radical (unpaired) electrons. The van der Waals surface area contributed by atoms with E-state index in [1.54, 1.807) is 11.7 Å². The molecule has 1 amide bonds. The normalized spacial score (nSPS) is 11.9. The molecule has 3 rings (SSSR count). The predicted molar refractivity (Wildman–Crippen MR) is 101 cm³/mol. The highest BCUT2D eigenvalue weighted by Crippen LogP contribution is 2.23. The van der Waals surface area contributed by atoms with Gasteiger partial charge in [0.1, 0.15) is 0 Å². The van der Waals surface area contributed by atoms with Crippen molar-refractivity contribution in [2.75, 3.05) is 0 Å². The van der Waals surface area contributed by atoms with Crippen LogP contribution in [0.3, 0.4) is 0 Å². The van der Waals surface area contributed by atoms with Gasteiger partial charge in [-0.15, -0.1) is 5.10 Å². The Morgan fingerprint density at radius 1 is 1.04 bits per heavy atom. The van der Waals surface area contributed by atoms with Crippen molar-refractivity contribution < 1.29 is 4.79 Å². The standard InChI is InChI=1S/C19H21N5OS/c1-15(26-19-20-21-22-23(19)2)18(25)24(13-16-9-5-3-6-10-16)14-17-11-7-4-8-12-17/h3-12,15H,13-14H2,1-2H3. The molecule has 0 saturated carbocycles. The molecule has 0 aliphatic carbocycles. The number of rotatable bonds is 7. The lowest BCUT2D eigenvalue weighted by atomic mass is 10.1. The smallest absolute Gasteiger partial charge is 0.236 e. The van der Waals surface area contributed by atoms with E-state index in [2.05, 4.69) is 15.5 Å². The van der Waals surface area contributed by atoms with Crippen molar-refractivity contribution in [1.29, 1.82) is 0 Å². The van der Waals surface area contributed by atoms with Gasteiger partial charge < -0.3 is 4.90 Å². The summed E-state index contributed by atoms with van der Waals surface area (Å²) in [6, 6.07) is 20.1. The van der Waals surface area contributed by atoms with E-state index < -0.39 is 0 Å². The Kier molecular flexibility index (Phi) is 6.01. The summed E-state index contributed by atoms with van der Waals surface area (Å²) >= 11 is 1.37. The summed E-state index contributed by atoms with van der Waals surface area (Å²) < 4.78 is 1.58. The van der Waals surface area contributed by atoms with Gasteiger partial charge in [-0.05, 0) is 28.5 Å². The van der Waals surface area contributed by atoms with E-state index in [1.165, 1.54) is 11.8 Å². The Hall–Kier alpha value is -2.67. The summed E-state index contributed by atoms with van der Waals surface area (Å²) in [6.45, 7) is 3.03. The molecular formula is C19H21N5OS. The first-order valence-electron chi connectivity index (χ1n) is 8.39. The molecule has 7 heteroatoms. The molecule has 0 bridgehead atoms. The Labute approximate surface area is 157 Å². The Bertz CT molecular complexity index is 796. The van der Waals surface area contributed by atoms with E-state index in [0.717, 1.165) is 11.1 Å². The minimum atomic E-state index is -0.285. The zero-order chi connectivity index (χ0) is 18.4. The molecule has 134 valence electrons. The fraction of sp³-hybridized carbons (Fsp3) is 0.263. The van der Waals surface area contributed by atoms with Gasteiger partial charge in [0, 0.05) is 20.1 Å². The molecule has 0 fully saturated rings. The molecule has 1 atom stereocenters. The Morgan fingerprint density at radius 2 is 1.58 bits per heavy atom. The maximum Gasteiger partial charge on any atom is 0.236 e. The number of aromatic nitrogens is 4. The van der Waals surface area contributed by atoms with E-state index in [4.69, 9.17) is 0 Å². The molecule has 0 N–H and O–H groups in total. The van der Waals surface area contributed by atoms with Gasteiger partial charge in [0.25, 0.3) is 0 Å². The second-order valence-electron chi connectivity index (χ2n) is 6.01. The number of thioether (sulfide) groups is 1. The van der Waals surface area contributed by atoms with Crippen LogP contribution in [-0.4, -0.2) is 36.3 Å². The van der Waals surface area contributed by atoms with Crippen molar-refractivity contribution in [2.24, 2.45) is 7.05 Å². The molecule has 0 aliphatic heterocycles. The summed E-state index contributed by atoms with van der Waals surface area (Å²) in [7, 11) is 1.77. The Morgan fingerprint density at radius 3 is 2.04 bits per heavy atom. The van der Waals surface area contributed by atoms with E-state index in [-0.39, 0.29) is 11.2 Å². The highest BCUT2D eigenvalue weighted by molar-refractivity contribution is 8.00. The topological polar surface area (TPSA) is 63.9 Å². The first-order chi connectivity index (χ1) is 12.6. The quantitative estimate of drug-likeness (QED) is 0.601. The fourth-order valence-corrected chi connectivity index (χ4v) is 3.44. The first-order valence-corrected chi connectivity index (χ1v) is 9.27. The van der Waals surface area contributed by atoms with Gasteiger partial charge >= 0.3 is 0 Å². The lowest BCUT2D eigenvalue weighted by molar-refractivity contribution is -0.131. The predicted octanol–water partition coefficient (Wildman–Crippen LogP) is 2.92. The van der Waals surface area contributed by atoms with Gasteiger partial charge in [0.2, 0.25) is 11.1 Å². The Balaban J connectivity index is 1.76. The van der Waals surface area contributed by atoms with Crippen molar-refractivity contribution in [3.05, 3.63) is 71.8 Å². The van der Waals surface area contributed by atoms with Crippen LogP contribution in [0.15, 0.2) is 65.8 Å². The molecular weight excluding hydrogens is 346 g/mol. The zero-order valence-corrected chi connectivity index (χ0v) is 15.6. The molecule has 0 spiro atoms. The SMILES string of the molecule is CC(Sc1nnnn1C)C(=O)N(Cc1ccccc1)Cc1ccccc1. The van der Waals surface area contributed by atoms with Crippen LogP contribution in [0, 0.1) is 0 Å². The number of carbonyl (C=O) groups is 1. The summed E-state index contributed by atoms with van der Waals surface area (Å²) in [5, 5.41) is 11.8. The van der Waals surface area contributed by atoms with Gasteiger partial charge in [-0.1, -0.05) is 72.4 Å². The van der Waals surface area contributed by atoms with Crippen LogP contribution >= 0.6 is 11.8 Å². The van der Waals surface area contributed by atoms with E-state index >= 15 is 0 Å². The number of aryl methyl sites for hydroxylation is 1. The monoisotopic (exact) mass is 367 g/mol. The highest BCUT2D eigenvalue weighted by atomic mass is 32.2. The van der Waals surface area contributed by atoms with Gasteiger partial charge in [0.05, 0.1) is 5.25 Å². The summed E-state index contributed by atoms with van der Waals surface area (Å²) in [5.41, 5.74) is 2.21. The van der Waals surface area contributed by atoms with Crippen LogP contribution in [-0.2, 0) is 24.9 Å². The second kappa shape index (κ2) is 8.62. The third-order valence-electron chi connectivity index (χ3n) is 3.96. The summed E-state index contributed by atoms with van der Waals surface area (Å²) in [5.74, 6) is 0.0608. The van der Waals surface area contributed by atoms with E-state index in [9.17, 15) is 4.79 Å². The van der Waals surface area contributed by atoms with Crippen LogP contribution in [0.2, 0.25) is 0 Å².